The lowest BCUT2D eigenvalue weighted by Crippen LogP contribution is -2.03. The smallest absolute Gasteiger partial charge is 0.163 e. The van der Waals surface area contributed by atoms with Gasteiger partial charge >= 0.3 is 0 Å². The van der Waals surface area contributed by atoms with Crippen LogP contribution in [-0.4, -0.2) is 24.7 Å². The molecule has 0 aliphatic carbocycles. The van der Waals surface area contributed by atoms with Crippen LogP contribution < -0.4 is 5.32 Å². The lowest BCUT2D eigenvalue weighted by atomic mass is 10.4. The van der Waals surface area contributed by atoms with E-state index in [0.717, 1.165) is 21.9 Å². The normalized spacial score (nSPS) is 10.6. The number of nitrogens with one attached hydrogen (secondary N) is 1. The molecule has 3 heterocycles. The van der Waals surface area contributed by atoms with E-state index >= 15 is 0 Å². The standard InChI is InChI=1S/C12H11N7S/c13-2-1-4-19-12-9(6-18-19)11(16-8-17-12)15-7-10-14-3-5-20-10/h3,5-6,8H,1,4,7H2,(H,15,16,17). The Morgan fingerprint density at radius 3 is 3.10 bits per heavy atom. The minimum absolute atomic E-state index is 0.405. The Kier molecular flexibility index (Phi) is 3.52. The van der Waals surface area contributed by atoms with Gasteiger partial charge in [-0.1, -0.05) is 0 Å². The Labute approximate surface area is 118 Å². The molecule has 0 aromatic carbocycles. The number of nitrogens with zero attached hydrogens (tertiary/aromatic N) is 6. The Bertz CT molecular complexity index is 741. The number of aryl methyl sites for hydroxylation is 1. The summed E-state index contributed by atoms with van der Waals surface area (Å²) in [6.07, 6.45) is 5.40. The van der Waals surface area contributed by atoms with Gasteiger partial charge in [0.15, 0.2) is 5.65 Å². The molecular formula is C12H11N7S. The van der Waals surface area contributed by atoms with Crippen molar-refractivity contribution in [2.24, 2.45) is 0 Å². The van der Waals surface area contributed by atoms with Crippen LogP contribution >= 0.6 is 11.3 Å². The minimum Gasteiger partial charge on any atom is -0.363 e. The lowest BCUT2D eigenvalue weighted by Gasteiger charge is -2.04. The van der Waals surface area contributed by atoms with E-state index in [4.69, 9.17) is 5.26 Å². The van der Waals surface area contributed by atoms with Gasteiger partial charge in [0.25, 0.3) is 0 Å². The SMILES string of the molecule is N#CCCn1ncc2c(NCc3nccs3)ncnc21. The van der Waals surface area contributed by atoms with Crippen LogP contribution in [0.5, 0.6) is 0 Å². The first kappa shape index (κ1) is 12.5. The maximum Gasteiger partial charge on any atom is 0.163 e. The van der Waals surface area contributed by atoms with Gasteiger partial charge in [0.1, 0.15) is 17.2 Å². The Balaban J connectivity index is 1.84. The second kappa shape index (κ2) is 5.63. The highest BCUT2D eigenvalue weighted by Gasteiger charge is 2.09. The Hall–Kier alpha value is -2.53. The number of fused-ring (bicyclic) bond motifs is 1. The van der Waals surface area contributed by atoms with Crippen molar-refractivity contribution < 1.29 is 0 Å². The molecule has 1 N–H and O–H groups in total. The Morgan fingerprint density at radius 1 is 1.35 bits per heavy atom. The van der Waals surface area contributed by atoms with Crippen molar-refractivity contribution in [1.29, 1.82) is 5.26 Å². The average Bonchev–Trinajstić information content (AvgIpc) is 3.12. The van der Waals surface area contributed by atoms with Crippen molar-refractivity contribution in [3.8, 4) is 6.07 Å². The van der Waals surface area contributed by atoms with Gasteiger partial charge < -0.3 is 5.32 Å². The molecule has 100 valence electrons. The van der Waals surface area contributed by atoms with Crippen molar-refractivity contribution in [3.63, 3.8) is 0 Å². The van der Waals surface area contributed by atoms with Gasteiger partial charge in [-0.05, 0) is 0 Å². The average molecular weight is 285 g/mol. The van der Waals surface area contributed by atoms with E-state index < -0.39 is 0 Å². The zero-order valence-corrected chi connectivity index (χ0v) is 11.3. The summed E-state index contributed by atoms with van der Waals surface area (Å²) < 4.78 is 1.72. The molecule has 0 amide bonds. The van der Waals surface area contributed by atoms with Gasteiger partial charge in [-0.2, -0.15) is 10.4 Å². The topological polar surface area (TPSA) is 92.3 Å². The zero-order valence-electron chi connectivity index (χ0n) is 10.5. The molecule has 3 rings (SSSR count). The summed E-state index contributed by atoms with van der Waals surface area (Å²) in [5.74, 6) is 0.730. The van der Waals surface area contributed by atoms with E-state index in [-0.39, 0.29) is 0 Å². The highest BCUT2D eigenvalue weighted by Crippen LogP contribution is 2.19. The van der Waals surface area contributed by atoms with Crippen LogP contribution in [0.4, 0.5) is 5.82 Å². The van der Waals surface area contributed by atoms with Gasteiger partial charge in [-0.15, -0.1) is 11.3 Å². The second-order valence-electron chi connectivity index (χ2n) is 4.01. The third-order valence-electron chi connectivity index (χ3n) is 2.76. The predicted molar refractivity (Wildman–Crippen MR) is 75.0 cm³/mol. The predicted octanol–water partition coefficient (Wildman–Crippen LogP) is 1.81. The summed E-state index contributed by atoms with van der Waals surface area (Å²) in [5, 5.41) is 19.9. The largest absolute Gasteiger partial charge is 0.363 e. The van der Waals surface area contributed by atoms with Crippen LogP contribution in [0.2, 0.25) is 0 Å². The molecule has 3 aromatic heterocycles. The van der Waals surface area contributed by atoms with Gasteiger partial charge in [0, 0.05) is 11.6 Å². The van der Waals surface area contributed by atoms with E-state index in [2.05, 4.69) is 31.4 Å². The summed E-state index contributed by atoms with van der Waals surface area (Å²) in [5.41, 5.74) is 0.733. The Morgan fingerprint density at radius 2 is 2.30 bits per heavy atom. The highest BCUT2D eigenvalue weighted by molar-refractivity contribution is 7.09. The fourth-order valence-corrected chi connectivity index (χ4v) is 2.41. The van der Waals surface area contributed by atoms with E-state index in [1.165, 1.54) is 6.33 Å². The minimum atomic E-state index is 0.405. The van der Waals surface area contributed by atoms with Crippen LogP contribution in [0, 0.1) is 11.3 Å². The number of nitriles is 1. The third kappa shape index (κ3) is 2.44. The maximum atomic E-state index is 8.64. The van der Waals surface area contributed by atoms with Crippen molar-refractivity contribution in [2.45, 2.75) is 19.5 Å². The van der Waals surface area contributed by atoms with Crippen LogP contribution in [0.3, 0.4) is 0 Å². The third-order valence-corrected chi connectivity index (χ3v) is 3.54. The van der Waals surface area contributed by atoms with E-state index in [0.29, 0.717) is 19.5 Å². The molecule has 0 radical (unpaired) electrons. The molecule has 7 nitrogen and oxygen atoms in total. The van der Waals surface area contributed by atoms with Crippen LogP contribution in [0.1, 0.15) is 11.4 Å². The molecule has 0 bridgehead atoms. The first-order valence-corrected chi connectivity index (χ1v) is 6.92. The molecule has 0 spiro atoms. The number of rotatable bonds is 5. The molecule has 8 heteroatoms. The molecule has 20 heavy (non-hydrogen) atoms. The summed E-state index contributed by atoms with van der Waals surface area (Å²) >= 11 is 1.59. The zero-order chi connectivity index (χ0) is 13.8. The molecule has 0 atom stereocenters. The molecule has 0 unspecified atom stereocenters. The molecule has 0 saturated heterocycles. The second-order valence-corrected chi connectivity index (χ2v) is 4.99. The summed E-state index contributed by atoms with van der Waals surface area (Å²) in [7, 11) is 0. The quantitative estimate of drug-likeness (QED) is 0.768. The number of hydrogen-bond acceptors (Lipinski definition) is 7. The molecule has 0 aliphatic rings. The van der Waals surface area contributed by atoms with Gasteiger partial charge in [0.2, 0.25) is 0 Å². The molecule has 0 saturated carbocycles. The molecule has 0 aliphatic heterocycles. The lowest BCUT2D eigenvalue weighted by molar-refractivity contribution is 0.643. The highest BCUT2D eigenvalue weighted by atomic mass is 32.1. The fraction of sp³-hybridized carbons (Fsp3) is 0.250. The number of thiazole rings is 1. The number of aromatic nitrogens is 5. The molecule has 3 aromatic rings. The van der Waals surface area contributed by atoms with Crippen molar-refractivity contribution in [3.05, 3.63) is 29.1 Å². The van der Waals surface area contributed by atoms with Crippen LogP contribution in [0.15, 0.2) is 24.1 Å². The molecule has 0 fully saturated rings. The number of anilines is 1. The number of hydrogen-bond donors (Lipinski definition) is 1. The van der Waals surface area contributed by atoms with E-state index in [1.807, 2.05) is 5.38 Å². The van der Waals surface area contributed by atoms with Gasteiger partial charge in [-0.3, -0.25) is 0 Å². The van der Waals surface area contributed by atoms with Crippen molar-refractivity contribution in [2.75, 3.05) is 5.32 Å². The fourth-order valence-electron chi connectivity index (χ4n) is 1.85. The van der Waals surface area contributed by atoms with E-state index in [9.17, 15) is 0 Å². The summed E-state index contributed by atoms with van der Waals surface area (Å²) in [6, 6.07) is 2.10. The first-order valence-electron chi connectivity index (χ1n) is 6.04. The monoisotopic (exact) mass is 285 g/mol. The van der Waals surface area contributed by atoms with Crippen molar-refractivity contribution in [1.82, 2.24) is 24.7 Å². The maximum absolute atomic E-state index is 8.64. The summed E-state index contributed by atoms with van der Waals surface area (Å²) in [4.78, 5) is 12.7. The van der Waals surface area contributed by atoms with Crippen LogP contribution in [-0.2, 0) is 13.1 Å². The first-order chi connectivity index (χ1) is 9.88. The van der Waals surface area contributed by atoms with Gasteiger partial charge in [-0.25, -0.2) is 19.6 Å². The van der Waals surface area contributed by atoms with Crippen molar-refractivity contribution >= 4 is 28.2 Å². The molecular weight excluding hydrogens is 274 g/mol. The van der Waals surface area contributed by atoms with Crippen LogP contribution in [0.25, 0.3) is 11.0 Å². The van der Waals surface area contributed by atoms with E-state index in [1.54, 1.807) is 28.4 Å². The summed E-state index contributed by atoms with van der Waals surface area (Å²) in [6.45, 7) is 1.15. The van der Waals surface area contributed by atoms with Gasteiger partial charge in [0.05, 0.1) is 37.2 Å².